The Labute approximate surface area is 268 Å². The highest BCUT2D eigenvalue weighted by Gasteiger charge is 2.85. The Hall–Kier alpha value is -1.23. The fraction of sp³-hybridized carbons (Fsp3) is 0.872. The van der Waals surface area contributed by atoms with E-state index >= 15 is 4.79 Å². The second kappa shape index (κ2) is 8.67. The third-order valence-electron chi connectivity index (χ3n) is 18.5. The molecule has 0 saturated heterocycles. The van der Waals surface area contributed by atoms with Crippen LogP contribution in [0, 0.1) is 72.9 Å². The predicted molar refractivity (Wildman–Crippen MR) is 168 cm³/mol. The molecule has 9 aliphatic carbocycles. The van der Waals surface area contributed by atoms with Crippen LogP contribution in [0.5, 0.6) is 0 Å². The van der Waals surface area contributed by atoms with Crippen LogP contribution in [-0.2, 0) is 4.79 Å². The molecule has 7 fully saturated rings. The van der Waals surface area contributed by atoms with Crippen molar-refractivity contribution in [2.24, 2.45) is 61.1 Å². The van der Waals surface area contributed by atoms with Gasteiger partial charge in [-0.25, -0.2) is 0 Å². The van der Waals surface area contributed by atoms with E-state index in [0.29, 0.717) is 12.3 Å². The van der Waals surface area contributed by atoms with Crippen LogP contribution in [0.2, 0.25) is 0 Å². The van der Waals surface area contributed by atoms with Crippen LogP contribution in [-0.4, -0.2) is 62.3 Å². The van der Waals surface area contributed by atoms with Crippen LogP contribution < -0.4 is 0 Å². The number of aliphatic hydroxyl groups excluding tert-OH is 5. The van der Waals surface area contributed by atoms with Gasteiger partial charge in [0.05, 0.1) is 24.9 Å². The van der Waals surface area contributed by atoms with Crippen molar-refractivity contribution < 1.29 is 30.3 Å². The zero-order valence-electron chi connectivity index (χ0n) is 27.6. The van der Waals surface area contributed by atoms with E-state index in [-0.39, 0.29) is 28.4 Å². The molecule has 9 rings (SSSR count). The van der Waals surface area contributed by atoms with Crippen LogP contribution in [0.3, 0.4) is 0 Å². The SMILES string of the molecule is CC1(C(O)CO)C(O)C2CCC34C(=O)C=C5C6(CCC7CCC89CCC#CC(O)C(CC8)(C(O)C6)C57C9)C3(C)CCC1C4(C)C2. The van der Waals surface area contributed by atoms with E-state index in [9.17, 15) is 25.5 Å². The van der Waals surface area contributed by atoms with Gasteiger partial charge < -0.3 is 25.5 Å². The molecule has 6 bridgehead atoms. The summed E-state index contributed by atoms with van der Waals surface area (Å²) < 4.78 is 0. The minimum Gasteiger partial charge on any atom is -0.394 e. The number of ketones is 1. The lowest BCUT2D eigenvalue weighted by Gasteiger charge is -2.82. The summed E-state index contributed by atoms with van der Waals surface area (Å²) in [6.07, 6.45) is 12.1. The smallest absolute Gasteiger partial charge is 0.162 e. The number of allylic oxidation sites excluding steroid dienone is 2. The summed E-state index contributed by atoms with van der Waals surface area (Å²) in [7, 11) is 0. The van der Waals surface area contributed by atoms with Crippen molar-refractivity contribution in [1.82, 2.24) is 0 Å². The molecule has 45 heavy (non-hydrogen) atoms. The summed E-state index contributed by atoms with van der Waals surface area (Å²) in [5, 5.41) is 58.2. The standard InChI is InChI=1S/C39H54O6/c1-32-19-23-7-15-39(32)28(42)18-26-36(33(39,2)12-10-25(32)34(3,31(23)45)30(44)21-40)14-9-24-8-13-35-11-5-4-6-27(41)37(17-16-35,29(43)20-36)38(24,26)22-35/h18,23-25,27,29-31,40-41,43-45H,5,7-17,19-22H2,1-3H3. The highest BCUT2D eigenvalue weighted by Crippen LogP contribution is 2.88. The maximum Gasteiger partial charge on any atom is 0.162 e. The normalized spacial score (nSPS) is 60.9. The largest absolute Gasteiger partial charge is 0.394 e. The molecule has 7 saturated carbocycles. The summed E-state index contributed by atoms with van der Waals surface area (Å²) in [6.45, 7) is 6.28. The fourth-order valence-electron chi connectivity index (χ4n) is 16.7. The average Bonchev–Trinajstić information content (AvgIpc) is 3.09. The molecule has 6 nitrogen and oxygen atoms in total. The Morgan fingerprint density at radius 3 is 2.49 bits per heavy atom. The number of hydrogen-bond donors (Lipinski definition) is 5. The third-order valence-corrected chi connectivity index (χ3v) is 18.5. The molecule has 9 aliphatic rings. The molecule has 0 aromatic carbocycles. The predicted octanol–water partition coefficient (Wildman–Crippen LogP) is 4.69. The molecular weight excluding hydrogens is 564 g/mol. The molecule has 0 aromatic rings. The second-order valence-corrected chi connectivity index (χ2v) is 18.7. The highest BCUT2D eigenvalue weighted by atomic mass is 16.3. The van der Waals surface area contributed by atoms with Gasteiger partial charge in [0.2, 0.25) is 0 Å². The number of fused-ring (bicyclic) bond motifs is 2. The van der Waals surface area contributed by atoms with E-state index in [1.54, 1.807) is 0 Å². The van der Waals surface area contributed by atoms with E-state index in [2.05, 4.69) is 31.8 Å². The molecule has 5 N–H and O–H groups in total. The first-order chi connectivity index (χ1) is 21.3. The van der Waals surface area contributed by atoms with Crippen molar-refractivity contribution in [1.29, 1.82) is 0 Å². The van der Waals surface area contributed by atoms with Crippen molar-refractivity contribution in [3.63, 3.8) is 0 Å². The maximum atomic E-state index is 15.5. The minimum atomic E-state index is -1.05. The Morgan fingerprint density at radius 1 is 0.933 bits per heavy atom. The molecule has 6 heteroatoms. The van der Waals surface area contributed by atoms with E-state index in [4.69, 9.17) is 0 Å². The summed E-state index contributed by atoms with van der Waals surface area (Å²) in [6, 6.07) is 0. The van der Waals surface area contributed by atoms with Gasteiger partial charge in [-0.15, -0.1) is 5.92 Å². The quantitative estimate of drug-likeness (QED) is 0.287. The van der Waals surface area contributed by atoms with Gasteiger partial charge in [0.1, 0.15) is 6.10 Å². The van der Waals surface area contributed by atoms with Crippen molar-refractivity contribution in [3.8, 4) is 11.8 Å². The first-order valence-electron chi connectivity index (χ1n) is 18.4. The molecule has 0 aromatic heterocycles. The average molecular weight is 619 g/mol. The third kappa shape index (κ3) is 2.79. The van der Waals surface area contributed by atoms with Gasteiger partial charge in [0, 0.05) is 33.5 Å². The van der Waals surface area contributed by atoms with Crippen LogP contribution in [0.4, 0.5) is 0 Å². The molecule has 15 unspecified atom stereocenters. The fourth-order valence-corrected chi connectivity index (χ4v) is 16.7. The van der Waals surface area contributed by atoms with Crippen LogP contribution in [0.1, 0.15) is 117 Å². The van der Waals surface area contributed by atoms with E-state index in [1.165, 1.54) is 12.0 Å². The number of carbonyl (C=O) groups excluding carboxylic acids is 1. The van der Waals surface area contributed by atoms with Gasteiger partial charge in [-0.2, -0.15) is 0 Å². The first-order valence-corrected chi connectivity index (χ1v) is 18.4. The van der Waals surface area contributed by atoms with Gasteiger partial charge in [-0.3, -0.25) is 4.79 Å². The molecule has 0 heterocycles. The number of hydrogen-bond acceptors (Lipinski definition) is 6. The van der Waals surface area contributed by atoms with E-state index in [0.717, 1.165) is 83.5 Å². The first kappa shape index (κ1) is 29.9. The zero-order valence-corrected chi connectivity index (χ0v) is 27.6. The maximum absolute atomic E-state index is 15.5. The topological polar surface area (TPSA) is 118 Å². The second-order valence-electron chi connectivity index (χ2n) is 18.7. The van der Waals surface area contributed by atoms with Gasteiger partial charge in [0.25, 0.3) is 0 Å². The van der Waals surface area contributed by atoms with Gasteiger partial charge in [-0.05, 0) is 130 Å². The zero-order chi connectivity index (χ0) is 31.6. The number of rotatable bonds is 2. The Bertz CT molecular complexity index is 1460. The van der Waals surface area contributed by atoms with Crippen LogP contribution >= 0.6 is 0 Å². The van der Waals surface area contributed by atoms with Crippen molar-refractivity contribution in [2.45, 2.75) is 141 Å². The Kier molecular flexibility index (Phi) is 5.76. The molecule has 0 amide bonds. The lowest BCUT2D eigenvalue weighted by molar-refractivity contribution is -0.321. The van der Waals surface area contributed by atoms with E-state index in [1.807, 2.05) is 6.92 Å². The molecular formula is C39H54O6. The molecule has 4 spiro atoms. The molecule has 0 radical (unpaired) electrons. The monoisotopic (exact) mass is 618 g/mol. The number of carbonyl (C=O) groups is 1. The van der Waals surface area contributed by atoms with Crippen LogP contribution in [0.15, 0.2) is 11.6 Å². The van der Waals surface area contributed by atoms with Crippen molar-refractivity contribution >= 4 is 5.78 Å². The van der Waals surface area contributed by atoms with Gasteiger partial charge >= 0.3 is 0 Å². The Morgan fingerprint density at radius 2 is 1.71 bits per heavy atom. The summed E-state index contributed by atoms with van der Waals surface area (Å²) in [5.41, 5.74) is -2.48. The van der Waals surface area contributed by atoms with E-state index < -0.39 is 63.5 Å². The van der Waals surface area contributed by atoms with Gasteiger partial charge in [0.15, 0.2) is 5.78 Å². The molecule has 246 valence electrons. The molecule has 15 atom stereocenters. The Balaban J connectivity index is 1.30. The van der Waals surface area contributed by atoms with Gasteiger partial charge in [-0.1, -0.05) is 32.3 Å². The lowest BCUT2D eigenvalue weighted by atomic mass is 9.21. The van der Waals surface area contributed by atoms with Crippen molar-refractivity contribution in [3.05, 3.63) is 11.6 Å². The summed E-state index contributed by atoms with van der Waals surface area (Å²) in [5.74, 6) is 7.05. The summed E-state index contributed by atoms with van der Waals surface area (Å²) in [4.78, 5) is 15.5. The molecule has 0 aliphatic heterocycles. The van der Waals surface area contributed by atoms with Crippen molar-refractivity contribution in [2.75, 3.05) is 6.61 Å². The lowest BCUT2D eigenvalue weighted by Crippen LogP contribution is -2.80. The van der Waals surface area contributed by atoms with Crippen LogP contribution in [0.25, 0.3) is 0 Å². The minimum absolute atomic E-state index is 0.0207. The highest BCUT2D eigenvalue weighted by molar-refractivity contribution is 5.99. The number of aliphatic hydroxyl groups is 5. The summed E-state index contributed by atoms with van der Waals surface area (Å²) >= 11 is 0.